The van der Waals surface area contributed by atoms with Crippen LogP contribution in [0, 0.1) is 0 Å². The van der Waals surface area contributed by atoms with E-state index >= 15 is 0 Å². The first-order chi connectivity index (χ1) is 15.2. The zero-order valence-electron chi connectivity index (χ0n) is 18.2. The minimum absolute atomic E-state index is 0.00841. The monoisotopic (exact) mass is 457 g/mol. The van der Waals surface area contributed by atoms with E-state index in [0.29, 0.717) is 23.2 Å². The summed E-state index contributed by atoms with van der Waals surface area (Å²) in [6, 6.07) is 4.59. The predicted octanol–water partition coefficient (Wildman–Crippen LogP) is 3.04. The molecule has 1 amide bonds. The van der Waals surface area contributed by atoms with E-state index in [-0.39, 0.29) is 17.2 Å². The second-order valence-corrected chi connectivity index (χ2v) is 10.6. The number of amides is 1. The molecular weight excluding hydrogens is 430 g/mol. The van der Waals surface area contributed by atoms with E-state index in [9.17, 15) is 23.1 Å². The van der Waals surface area contributed by atoms with E-state index in [1.807, 2.05) is 0 Å². The molecule has 2 heterocycles. The minimum atomic E-state index is -3.65. The highest BCUT2D eigenvalue weighted by Gasteiger charge is 2.28. The molecular formula is C23H27N3O5S. The Bertz CT molecular complexity index is 1220. The van der Waals surface area contributed by atoms with Crippen molar-refractivity contribution in [1.82, 2.24) is 9.29 Å². The van der Waals surface area contributed by atoms with Crippen molar-refractivity contribution in [2.24, 2.45) is 0 Å². The Morgan fingerprint density at radius 1 is 1.19 bits per heavy atom. The number of aliphatic carboxylic acids is 1. The predicted molar refractivity (Wildman–Crippen MR) is 122 cm³/mol. The van der Waals surface area contributed by atoms with E-state index < -0.39 is 16.0 Å². The molecule has 1 aromatic heterocycles. The van der Waals surface area contributed by atoms with Crippen molar-refractivity contribution >= 4 is 39.2 Å². The van der Waals surface area contributed by atoms with Crippen LogP contribution in [0.15, 0.2) is 23.1 Å². The fourth-order valence-electron chi connectivity index (χ4n) is 4.42. The maximum Gasteiger partial charge on any atom is 0.303 e. The summed E-state index contributed by atoms with van der Waals surface area (Å²) in [5.41, 5.74) is 5.39. The lowest BCUT2D eigenvalue weighted by molar-refractivity contribution is -0.137. The molecule has 2 aromatic rings. The zero-order chi connectivity index (χ0) is 23.0. The van der Waals surface area contributed by atoms with Crippen LogP contribution in [0.5, 0.6) is 0 Å². The summed E-state index contributed by atoms with van der Waals surface area (Å²) in [7, 11) is -0.727. The van der Waals surface area contributed by atoms with Crippen molar-refractivity contribution in [2.75, 3.05) is 19.4 Å². The Morgan fingerprint density at radius 3 is 2.66 bits per heavy atom. The van der Waals surface area contributed by atoms with Crippen LogP contribution in [0.4, 0.5) is 5.69 Å². The van der Waals surface area contributed by atoms with Gasteiger partial charge in [-0.2, -0.15) is 0 Å². The number of aromatic amines is 1. The first-order valence-corrected chi connectivity index (χ1v) is 12.2. The average molecular weight is 458 g/mol. The van der Waals surface area contributed by atoms with Crippen LogP contribution in [0.25, 0.3) is 11.6 Å². The fraction of sp³-hybridized carbons (Fsp3) is 0.391. The number of nitrogens with one attached hydrogen (secondary N) is 2. The van der Waals surface area contributed by atoms with Crippen molar-refractivity contribution in [2.45, 2.75) is 49.8 Å². The topological polar surface area (TPSA) is 120 Å². The number of fused-ring (bicyclic) bond motifs is 2. The standard InChI is InChI=1S/C23H27N3O5S/c1-26(2)32(30,31)14-8-10-20-17(12-14)18(23(29)25-20)13-21-16(9-11-22(27)28)15-6-4-3-5-7-19(15)24-21/h8,10,12-13,24H,3-7,9,11H2,1-2H3,(H,25,29)(H,27,28). The molecule has 1 aliphatic carbocycles. The second-order valence-electron chi connectivity index (χ2n) is 8.44. The number of sulfonamides is 1. The highest BCUT2D eigenvalue weighted by atomic mass is 32.2. The molecule has 8 nitrogen and oxygen atoms in total. The Kier molecular flexibility index (Phi) is 5.96. The molecule has 0 saturated heterocycles. The van der Waals surface area contributed by atoms with Gasteiger partial charge in [0.25, 0.3) is 5.91 Å². The number of nitrogens with zero attached hydrogens (tertiary/aromatic N) is 1. The molecule has 0 bridgehead atoms. The molecule has 1 aromatic carbocycles. The largest absolute Gasteiger partial charge is 0.481 e. The van der Waals surface area contributed by atoms with Gasteiger partial charge >= 0.3 is 5.97 Å². The summed E-state index contributed by atoms with van der Waals surface area (Å²) in [4.78, 5) is 27.5. The molecule has 3 N–H and O–H groups in total. The Labute approximate surface area is 187 Å². The number of carboxylic acids is 1. The second kappa shape index (κ2) is 8.55. The lowest BCUT2D eigenvalue weighted by Gasteiger charge is -2.12. The molecule has 2 aliphatic rings. The van der Waals surface area contributed by atoms with E-state index in [1.165, 1.54) is 26.2 Å². The molecule has 0 radical (unpaired) electrons. The Morgan fingerprint density at radius 2 is 1.94 bits per heavy atom. The van der Waals surface area contributed by atoms with Crippen LogP contribution in [-0.2, 0) is 38.9 Å². The number of anilines is 1. The van der Waals surface area contributed by atoms with Gasteiger partial charge in [-0.05, 0) is 67.5 Å². The van der Waals surface area contributed by atoms with Crippen molar-refractivity contribution in [1.29, 1.82) is 0 Å². The number of hydrogen-bond donors (Lipinski definition) is 3. The highest BCUT2D eigenvalue weighted by Crippen LogP contribution is 2.37. The average Bonchev–Trinajstić information content (AvgIpc) is 3.11. The van der Waals surface area contributed by atoms with Gasteiger partial charge in [-0.25, -0.2) is 12.7 Å². The third kappa shape index (κ3) is 4.10. The number of carbonyl (C=O) groups excluding carboxylic acids is 1. The number of hydrogen-bond acceptors (Lipinski definition) is 4. The van der Waals surface area contributed by atoms with Gasteiger partial charge in [-0.1, -0.05) is 6.42 Å². The third-order valence-corrected chi connectivity index (χ3v) is 7.93. The van der Waals surface area contributed by atoms with Gasteiger partial charge < -0.3 is 15.4 Å². The van der Waals surface area contributed by atoms with Gasteiger partial charge in [0.2, 0.25) is 10.0 Å². The number of carbonyl (C=O) groups is 2. The molecule has 0 fully saturated rings. The van der Waals surface area contributed by atoms with Gasteiger partial charge in [0.15, 0.2) is 0 Å². The number of aryl methyl sites for hydroxylation is 1. The van der Waals surface area contributed by atoms with E-state index in [0.717, 1.165) is 58.9 Å². The molecule has 0 spiro atoms. The lowest BCUT2D eigenvalue weighted by Crippen LogP contribution is -2.22. The number of carboxylic acid groups (broad SMARTS) is 1. The fourth-order valence-corrected chi connectivity index (χ4v) is 5.35. The van der Waals surface area contributed by atoms with Gasteiger partial charge in [-0.3, -0.25) is 9.59 Å². The molecule has 32 heavy (non-hydrogen) atoms. The lowest BCUT2D eigenvalue weighted by atomic mass is 9.98. The maximum absolute atomic E-state index is 12.8. The van der Waals surface area contributed by atoms with E-state index in [4.69, 9.17) is 0 Å². The van der Waals surface area contributed by atoms with Gasteiger partial charge in [0.05, 0.1) is 10.5 Å². The zero-order valence-corrected chi connectivity index (χ0v) is 19.0. The quantitative estimate of drug-likeness (QED) is 0.455. The van der Waals surface area contributed by atoms with Crippen LogP contribution in [0.2, 0.25) is 0 Å². The summed E-state index contributed by atoms with van der Waals surface area (Å²) in [6.45, 7) is 0. The Hall–Kier alpha value is -2.91. The summed E-state index contributed by atoms with van der Waals surface area (Å²) < 4.78 is 26.3. The van der Waals surface area contributed by atoms with Crippen molar-refractivity contribution in [3.8, 4) is 0 Å². The van der Waals surface area contributed by atoms with Crippen LogP contribution < -0.4 is 5.32 Å². The van der Waals surface area contributed by atoms with Crippen LogP contribution in [0.1, 0.15) is 53.8 Å². The van der Waals surface area contributed by atoms with Crippen molar-refractivity contribution < 1.29 is 23.1 Å². The number of H-pyrrole nitrogens is 1. The minimum Gasteiger partial charge on any atom is -0.481 e. The van der Waals surface area contributed by atoms with E-state index in [2.05, 4.69) is 10.3 Å². The highest BCUT2D eigenvalue weighted by molar-refractivity contribution is 7.89. The molecule has 9 heteroatoms. The van der Waals surface area contributed by atoms with Gasteiger partial charge in [0.1, 0.15) is 0 Å². The van der Waals surface area contributed by atoms with Crippen LogP contribution in [-0.4, -0.2) is 48.8 Å². The Balaban J connectivity index is 1.81. The van der Waals surface area contributed by atoms with Crippen molar-refractivity contribution in [3.63, 3.8) is 0 Å². The molecule has 0 unspecified atom stereocenters. The van der Waals surface area contributed by atoms with Crippen LogP contribution >= 0.6 is 0 Å². The van der Waals surface area contributed by atoms with Gasteiger partial charge in [-0.15, -0.1) is 0 Å². The van der Waals surface area contributed by atoms with E-state index in [1.54, 1.807) is 12.1 Å². The van der Waals surface area contributed by atoms with Gasteiger partial charge in [0, 0.05) is 43.2 Å². The van der Waals surface area contributed by atoms with Crippen molar-refractivity contribution in [3.05, 3.63) is 46.3 Å². The molecule has 0 saturated carbocycles. The summed E-state index contributed by atoms with van der Waals surface area (Å²) >= 11 is 0. The summed E-state index contributed by atoms with van der Waals surface area (Å²) in [6.07, 6.45) is 7.16. The molecule has 170 valence electrons. The molecule has 0 atom stereocenters. The van der Waals surface area contributed by atoms with Crippen LogP contribution in [0.3, 0.4) is 0 Å². The maximum atomic E-state index is 12.8. The normalized spacial score (nSPS) is 17.2. The first-order valence-electron chi connectivity index (χ1n) is 10.7. The number of rotatable bonds is 6. The third-order valence-electron chi connectivity index (χ3n) is 6.12. The first kappa shape index (κ1) is 22.3. The molecule has 4 rings (SSSR count). The number of aromatic nitrogens is 1. The smallest absolute Gasteiger partial charge is 0.303 e. The SMILES string of the molecule is CN(C)S(=O)(=O)c1ccc2c(c1)C(=Cc1[nH]c3c(c1CCC(=O)O)CCCCC3)C(=O)N2. The molecule has 1 aliphatic heterocycles. The summed E-state index contributed by atoms with van der Waals surface area (Å²) in [5, 5.41) is 12.0. The number of benzene rings is 1. The summed E-state index contributed by atoms with van der Waals surface area (Å²) in [5.74, 6) is -1.18.